The summed E-state index contributed by atoms with van der Waals surface area (Å²) in [5.41, 5.74) is 0.380. The molecule has 2 aliphatic heterocycles. The van der Waals surface area contributed by atoms with Crippen LogP contribution in [0, 0.1) is 0 Å². The Morgan fingerprint density at radius 1 is 1.09 bits per heavy atom. The van der Waals surface area contributed by atoms with Crippen LogP contribution < -0.4 is 0 Å². The summed E-state index contributed by atoms with van der Waals surface area (Å²) < 4.78 is 5.27. The van der Waals surface area contributed by atoms with Gasteiger partial charge in [-0.25, -0.2) is 4.79 Å². The first-order valence-electron chi connectivity index (χ1n) is 10.8. The average Bonchev–Trinajstić information content (AvgIpc) is 2.80. The number of fused-ring (bicyclic) bond motifs is 1. The molecule has 176 valence electrons. The Morgan fingerprint density at radius 3 is 2.64 bits per heavy atom. The number of ether oxygens (including phenoxy) is 1. The number of rotatable bonds is 3. The van der Waals surface area contributed by atoms with E-state index in [1.54, 1.807) is 11.0 Å². The lowest BCUT2D eigenvalue weighted by Gasteiger charge is -2.22. The summed E-state index contributed by atoms with van der Waals surface area (Å²) in [7, 11) is 0. The van der Waals surface area contributed by atoms with Gasteiger partial charge in [0.25, 0.3) is 5.91 Å². The van der Waals surface area contributed by atoms with Crippen LogP contribution in [0.5, 0.6) is 11.5 Å². The van der Waals surface area contributed by atoms with Crippen molar-refractivity contribution in [2.75, 3.05) is 26.3 Å². The first-order chi connectivity index (χ1) is 16.0. The summed E-state index contributed by atoms with van der Waals surface area (Å²) in [5.74, 6) is -1.76. The molecule has 0 bridgehead atoms. The van der Waals surface area contributed by atoms with E-state index in [9.17, 15) is 19.8 Å². The number of carbonyl (C=O) groups excluding carboxylic acids is 2. The molecular weight excluding hydrogens is 448 g/mol. The molecule has 0 unspecified atom stereocenters. The van der Waals surface area contributed by atoms with Gasteiger partial charge in [-0.2, -0.15) is 0 Å². The SMILES string of the molecule is O=C1OCC/C=C/CC/C=C/C(=N/OCC(=O)N2CC=CCC2)Cc2c(Cl)c(O)cc(O)c21. The van der Waals surface area contributed by atoms with Crippen molar-refractivity contribution in [1.29, 1.82) is 0 Å². The number of amides is 1. The quantitative estimate of drug-likeness (QED) is 0.390. The van der Waals surface area contributed by atoms with Crippen LogP contribution in [0.3, 0.4) is 0 Å². The number of benzene rings is 1. The van der Waals surface area contributed by atoms with Crippen molar-refractivity contribution in [3.8, 4) is 11.5 Å². The number of aromatic hydroxyl groups is 2. The van der Waals surface area contributed by atoms with E-state index in [0.717, 1.165) is 25.3 Å². The van der Waals surface area contributed by atoms with Gasteiger partial charge in [0.1, 0.15) is 17.1 Å². The number of phenolic OH excluding ortho intramolecular Hbond substituents is 2. The Bertz CT molecular complexity index is 999. The Labute approximate surface area is 197 Å². The molecule has 33 heavy (non-hydrogen) atoms. The lowest BCUT2D eigenvalue weighted by Crippen LogP contribution is -2.36. The zero-order valence-corrected chi connectivity index (χ0v) is 19.0. The second-order valence-electron chi connectivity index (χ2n) is 7.59. The van der Waals surface area contributed by atoms with Gasteiger partial charge in [0.2, 0.25) is 0 Å². The Morgan fingerprint density at radius 2 is 1.85 bits per heavy atom. The van der Waals surface area contributed by atoms with Crippen molar-refractivity contribution in [1.82, 2.24) is 4.90 Å². The number of carbonyl (C=O) groups is 2. The lowest BCUT2D eigenvalue weighted by atomic mass is 9.99. The van der Waals surface area contributed by atoms with Gasteiger partial charge < -0.3 is 24.7 Å². The molecule has 0 atom stereocenters. The van der Waals surface area contributed by atoms with Crippen molar-refractivity contribution < 1.29 is 29.4 Å². The van der Waals surface area contributed by atoms with Gasteiger partial charge in [0.15, 0.2) is 6.61 Å². The summed E-state index contributed by atoms with van der Waals surface area (Å²) >= 11 is 6.28. The van der Waals surface area contributed by atoms with E-state index in [1.165, 1.54) is 0 Å². The number of nitrogens with zero attached hydrogens (tertiary/aromatic N) is 2. The van der Waals surface area contributed by atoms with Gasteiger partial charge >= 0.3 is 5.97 Å². The van der Waals surface area contributed by atoms with Crippen molar-refractivity contribution in [3.05, 3.63) is 58.7 Å². The Balaban J connectivity index is 1.87. The van der Waals surface area contributed by atoms with Gasteiger partial charge in [-0.1, -0.05) is 47.1 Å². The molecule has 0 saturated carbocycles. The molecule has 2 heterocycles. The van der Waals surface area contributed by atoms with Crippen LogP contribution in [0.2, 0.25) is 5.02 Å². The van der Waals surface area contributed by atoms with Crippen LogP contribution in [0.1, 0.15) is 41.6 Å². The van der Waals surface area contributed by atoms with Crippen LogP contribution in [0.15, 0.2) is 47.7 Å². The zero-order chi connectivity index (χ0) is 23.6. The third-order valence-corrected chi connectivity index (χ3v) is 5.58. The van der Waals surface area contributed by atoms with E-state index < -0.39 is 11.7 Å². The van der Waals surface area contributed by atoms with Crippen molar-refractivity contribution in [3.63, 3.8) is 0 Å². The number of cyclic esters (lactones) is 1. The van der Waals surface area contributed by atoms with E-state index in [0.29, 0.717) is 25.2 Å². The predicted octanol–water partition coefficient (Wildman–Crippen LogP) is 3.91. The number of phenols is 2. The number of hydrogen-bond donors (Lipinski definition) is 2. The highest BCUT2D eigenvalue weighted by Gasteiger charge is 2.24. The number of halogens is 1. The van der Waals surface area contributed by atoms with Crippen LogP contribution in [0.4, 0.5) is 0 Å². The van der Waals surface area contributed by atoms with E-state index in [-0.39, 0.29) is 47.4 Å². The maximum Gasteiger partial charge on any atom is 0.342 e. The fourth-order valence-electron chi connectivity index (χ4n) is 3.45. The molecule has 0 spiro atoms. The number of oxime groups is 1. The molecule has 0 fully saturated rings. The third-order valence-electron chi connectivity index (χ3n) is 5.16. The van der Waals surface area contributed by atoms with Crippen LogP contribution in [0.25, 0.3) is 0 Å². The van der Waals surface area contributed by atoms with E-state index in [2.05, 4.69) is 5.16 Å². The number of esters is 1. The maximum absolute atomic E-state index is 12.7. The van der Waals surface area contributed by atoms with Gasteiger partial charge in [-0.05, 0) is 37.3 Å². The standard InChI is InChI=1S/C24H27ClN2O6/c25-23-18-14-17(26-33-16-21(30)27-11-7-5-8-12-27)10-6-3-1-2-4-9-13-32-24(31)22(18)19(28)15-20(23)29/h2,4-7,10,15,28-29H,1,3,8-9,11-14,16H2/b4-2+,10-6+,26-17-. The summed E-state index contributed by atoms with van der Waals surface area (Å²) in [5, 5.41) is 24.4. The highest BCUT2D eigenvalue weighted by atomic mass is 35.5. The summed E-state index contributed by atoms with van der Waals surface area (Å²) in [4.78, 5) is 32.0. The lowest BCUT2D eigenvalue weighted by molar-refractivity contribution is -0.135. The smallest absolute Gasteiger partial charge is 0.342 e. The minimum Gasteiger partial charge on any atom is -0.507 e. The molecule has 3 rings (SSSR count). The largest absolute Gasteiger partial charge is 0.507 e. The predicted molar refractivity (Wildman–Crippen MR) is 125 cm³/mol. The van der Waals surface area contributed by atoms with E-state index in [1.807, 2.05) is 30.4 Å². The summed E-state index contributed by atoms with van der Waals surface area (Å²) in [6.45, 7) is 1.07. The van der Waals surface area contributed by atoms with Gasteiger partial charge in [0.05, 0.1) is 17.3 Å². The number of hydrogen-bond acceptors (Lipinski definition) is 7. The molecule has 0 radical (unpaired) electrons. The maximum atomic E-state index is 12.7. The van der Waals surface area contributed by atoms with Gasteiger partial charge in [-0.15, -0.1) is 0 Å². The topological polar surface area (TPSA) is 109 Å². The highest BCUT2D eigenvalue weighted by Crippen LogP contribution is 2.37. The molecule has 1 aromatic rings. The normalized spacial score (nSPS) is 20.5. The molecule has 8 nitrogen and oxygen atoms in total. The molecule has 0 saturated heterocycles. The molecule has 2 aliphatic rings. The summed E-state index contributed by atoms with van der Waals surface area (Å²) in [6, 6.07) is 1.00. The monoisotopic (exact) mass is 474 g/mol. The van der Waals surface area contributed by atoms with Crippen molar-refractivity contribution >= 4 is 29.2 Å². The van der Waals surface area contributed by atoms with E-state index >= 15 is 0 Å². The second-order valence-corrected chi connectivity index (χ2v) is 7.97. The molecule has 0 aromatic heterocycles. The fourth-order valence-corrected chi connectivity index (χ4v) is 3.67. The second kappa shape index (κ2) is 12.1. The first kappa shape index (κ1) is 24.4. The summed E-state index contributed by atoms with van der Waals surface area (Å²) in [6.07, 6.45) is 14.3. The highest BCUT2D eigenvalue weighted by molar-refractivity contribution is 6.33. The molecule has 1 amide bonds. The third kappa shape index (κ3) is 6.86. The first-order valence-corrected chi connectivity index (χ1v) is 11.2. The van der Waals surface area contributed by atoms with Crippen LogP contribution in [-0.2, 0) is 20.8 Å². The van der Waals surface area contributed by atoms with Crippen molar-refractivity contribution in [2.45, 2.75) is 32.1 Å². The molecular formula is C24H27ClN2O6. The molecule has 2 N–H and O–H groups in total. The minimum absolute atomic E-state index is 0.0296. The molecule has 1 aromatic carbocycles. The van der Waals surface area contributed by atoms with Crippen LogP contribution >= 0.6 is 11.6 Å². The molecule has 0 aliphatic carbocycles. The Hall–Kier alpha value is -3.26. The zero-order valence-electron chi connectivity index (χ0n) is 18.2. The van der Waals surface area contributed by atoms with Gasteiger partial charge in [-0.3, -0.25) is 4.79 Å². The average molecular weight is 475 g/mol. The van der Waals surface area contributed by atoms with Crippen molar-refractivity contribution in [2.24, 2.45) is 5.16 Å². The molecule has 9 heteroatoms. The Kier molecular flexibility index (Phi) is 8.95. The van der Waals surface area contributed by atoms with Gasteiger partial charge in [0, 0.05) is 25.6 Å². The van der Waals surface area contributed by atoms with E-state index in [4.69, 9.17) is 21.2 Å². The fraction of sp³-hybridized carbons (Fsp3) is 0.375. The minimum atomic E-state index is -0.757. The van der Waals surface area contributed by atoms with Crippen LogP contribution in [-0.4, -0.2) is 59.0 Å². The number of allylic oxidation sites excluding steroid dienone is 3.